The summed E-state index contributed by atoms with van der Waals surface area (Å²) in [6.45, 7) is 0.426. The van der Waals surface area contributed by atoms with Crippen LogP contribution in [0.15, 0.2) is 18.2 Å². The van der Waals surface area contributed by atoms with Gasteiger partial charge in [0.1, 0.15) is 10.0 Å². The number of nitrogens with zero attached hydrogens (tertiary/aromatic N) is 2. The Morgan fingerprint density at radius 2 is 2.20 bits per heavy atom. The van der Waals surface area contributed by atoms with Gasteiger partial charge in [0.25, 0.3) is 0 Å². The predicted octanol–water partition coefficient (Wildman–Crippen LogP) is 2.92. The molecule has 1 aromatic heterocycles. The molecular weight excluding hydrogens is 345 g/mol. The van der Waals surface area contributed by atoms with Crippen molar-refractivity contribution in [3.8, 4) is 10.6 Å². The molecule has 3 nitrogen and oxygen atoms in total. The summed E-state index contributed by atoms with van der Waals surface area (Å²) in [5.74, 6) is 0. The van der Waals surface area contributed by atoms with Gasteiger partial charge < -0.3 is 5.73 Å². The van der Waals surface area contributed by atoms with Crippen molar-refractivity contribution in [2.24, 2.45) is 5.73 Å². The lowest BCUT2D eigenvalue weighted by Crippen LogP contribution is -1.94. The molecule has 6 heteroatoms. The molecule has 0 saturated heterocycles. The third kappa shape index (κ3) is 2.47. The Labute approximate surface area is 110 Å². The molecule has 0 amide bonds. The fraction of sp³-hybridized carbons (Fsp3) is 0.111. The largest absolute Gasteiger partial charge is 0.324 e. The molecule has 2 N–H and O–H groups in total. The molecule has 0 spiro atoms. The second kappa shape index (κ2) is 4.73. The van der Waals surface area contributed by atoms with Crippen molar-refractivity contribution in [1.82, 2.24) is 10.2 Å². The number of rotatable bonds is 2. The van der Waals surface area contributed by atoms with Gasteiger partial charge in [0.2, 0.25) is 0 Å². The van der Waals surface area contributed by atoms with Crippen LogP contribution in [-0.2, 0) is 6.54 Å². The first-order chi connectivity index (χ1) is 7.20. The third-order valence-electron chi connectivity index (χ3n) is 1.81. The molecule has 1 aromatic carbocycles. The lowest BCUT2D eigenvalue weighted by molar-refractivity contribution is 0.960. The quantitative estimate of drug-likeness (QED) is 0.847. The lowest BCUT2D eigenvalue weighted by Gasteiger charge is -1.98. The van der Waals surface area contributed by atoms with E-state index >= 15 is 0 Å². The number of nitrogens with two attached hydrogens (primary N) is 1. The van der Waals surface area contributed by atoms with E-state index in [4.69, 9.17) is 17.3 Å². The first-order valence-electron chi connectivity index (χ1n) is 4.18. The van der Waals surface area contributed by atoms with Crippen LogP contribution in [0.5, 0.6) is 0 Å². The minimum Gasteiger partial charge on any atom is -0.324 e. The summed E-state index contributed by atoms with van der Waals surface area (Å²) in [7, 11) is 0. The van der Waals surface area contributed by atoms with Gasteiger partial charge in [-0.2, -0.15) is 0 Å². The maximum Gasteiger partial charge on any atom is 0.147 e. The van der Waals surface area contributed by atoms with E-state index < -0.39 is 0 Å². The van der Waals surface area contributed by atoms with Gasteiger partial charge in [-0.3, -0.25) is 0 Å². The van der Waals surface area contributed by atoms with Gasteiger partial charge in [0.15, 0.2) is 0 Å². The number of hydrogen-bond acceptors (Lipinski definition) is 4. The van der Waals surface area contributed by atoms with Gasteiger partial charge in [-0.1, -0.05) is 29.0 Å². The number of benzene rings is 1. The van der Waals surface area contributed by atoms with Crippen LogP contribution in [-0.4, -0.2) is 10.2 Å². The molecule has 0 aliphatic carbocycles. The SMILES string of the molecule is NCc1nnc(-c2ccc(I)c(Cl)c2)s1. The van der Waals surface area contributed by atoms with Crippen molar-refractivity contribution in [2.75, 3.05) is 0 Å². The molecule has 0 unspecified atom stereocenters. The molecular formula is C9H7ClIN3S. The Kier molecular flexibility index (Phi) is 3.55. The summed E-state index contributed by atoms with van der Waals surface area (Å²) < 4.78 is 1.03. The van der Waals surface area contributed by atoms with Crippen molar-refractivity contribution >= 4 is 45.5 Å². The lowest BCUT2D eigenvalue weighted by atomic mass is 10.2. The Balaban J connectivity index is 2.40. The average molecular weight is 352 g/mol. The monoisotopic (exact) mass is 351 g/mol. The molecule has 0 aliphatic rings. The summed E-state index contributed by atoms with van der Waals surface area (Å²) in [5.41, 5.74) is 6.46. The van der Waals surface area contributed by atoms with E-state index in [2.05, 4.69) is 32.8 Å². The standard InChI is InChI=1S/C9H7ClIN3S/c10-6-3-5(1-2-7(6)11)9-14-13-8(4-12)15-9/h1-3H,4,12H2. The van der Waals surface area contributed by atoms with Crippen LogP contribution >= 0.6 is 45.5 Å². The van der Waals surface area contributed by atoms with Gasteiger partial charge in [-0.15, -0.1) is 10.2 Å². The van der Waals surface area contributed by atoms with E-state index in [1.54, 1.807) is 0 Å². The maximum absolute atomic E-state index is 6.03. The van der Waals surface area contributed by atoms with E-state index in [0.29, 0.717) is 6.54 Å². The van der Waals surface area contributed by atoms with Crippen LogP contribution in [0.2, 0.25) is 5.02 Å². The van der Waals surface area contributed by atoms with Crippen molar-refractivity contribution in [2.45, 2.75) is 6.54 Å². The maximum atomic E-state index is 6.03. The highest BCUT2D eigenvalue weighted by molar-refractivity contribution is 14.1. The Morgan fingerprint density at radius 3 is 2.80 bits per heavy atom. The zero-order valence-corrected chi connectivity index (χ0v) is 11.3. The van der Waals surface area contributed by atoms with Gasteiger partial charge in [-0.05, 0) is 34.7 Å². The summed E-state index contributed by atoms with van der Waals surface area (Å²) in [5, 5.41) is 10.4. The molecule has 0 saturated carbocycles. The van der Waals surface area contributed by atoms with Crippen molar-refractivity contribution in [1.29, 1.82) is 0 Å². The molecule has 2 aromatic rings. The molecule has 2 rings (SSSR count). The van der Waals surface area contributed by atoms with E-state index in [1.807, 2.05) is 18.2 Å². The summed E-state index contributed by atoms with van der Waals surface area (Å²) >= 11 is 9.71. The van der Waals surface area contributed by atoms with E-state index in [9.17, 15) is 0 Å². The fourth-order valence-corrected chi connectivity index (χ4v) is 2.31. The number of hydrogen-bond donors (Lipinski definition) is 1. The van der Waals surface area contributed by atoms with E-state index in [-0.39, 0.29) is 0 Å². The minimum absolute atomic E-state index is 0.426. The summed E-state index contributed by atoms with van der Waals surface area (Å²) in [4.78, 5) is 0. The minimum atomic E-state index is 0.426. The highest BCUT2D eigenvalue weighted by atomic mass is 127. The molecule has 0 fully saturated rings. The number of aromatic nitrogens is 2. The predicted molar refractivity (Wildman–Crippen MR) is 71.0 cm³/mol. The molecule has 0 atom stereocenters. The number of halogens is 2. The molecule has 78 valence electrons. The smallest absolute Gasteiger partial charge is 0.147 e. The van der Waals surface area contributed by atoms with Crippen molar-refractivity contribution < 1.29 is 0 Å². The van der Waals surface area contributed by atoms with E-state index in [1.165, 1.54) is 11.3 Å². The summed E-state index contributed by atoms with van der Waals surface area (Å²) in [6.07, 6.45) is 0. The van der Waals surface area contributed by atoms with Gasteiger partial charge >= 0.3 is 0 Å². The highest BCUT2D eigenvalue weighted by Crippen LogP contribution is 2.28. The van der Waals surface area contributed by atoms with Crippen molar-refractivity contribution in [3.63, 3.8) is 0 Å². The highest BCUT2D eigenvalue weighted by Gasteiger charge is 2.07. The average Bonchev–Trinajstić information content (AvgIpc) is 2.70. The first-order valence-corrected chi connectivity index (χ1v) is 6.46. The molecule has 1 heterocycles. The van der Waals surface area contributed by atoms with Gasteiger partial charge in [0.05, 0.1) is 5.02 Å². The topological polar surface area (TPSA) is 51.8 Å². The van der Waals surface area contributed by atoms with Crippen molar-refractivity contribution in [3.05, 3.63) is 31.8 Å². The van der Waals surface area contributed by atoms with E-state index in [0.717, 1.165) is 24.2 Å². The molecule has 15 heavy (non-hydrogen) atoms. The van der Waals surface area contributed by atoms with Crippen LogP contribution in [0.1, 0.15) is 5.01 Å². The normalized spacial score (nSPS) is 10.6. The molecule has 0 bridgehead atoms. The second-order valence-corrected chi connectivity index (χ2v) is 5.47. The first kappa shape index (κ1) is 11.3. The third-order valence-corrected chi connectivity index (χ3v) is 4.37. The zero-order valence-electron chi connectivity index (χ0n) is 7.58. The summed E-state index contributed by atoms with van der Waals surface area (Å²) in [6, 6.07) is 5.83. The van der Waals surface area contributed by atoms with Gasteiger partial charge in [-0.25, -0.2) is 0 Å². The van der Waals surface area contributed by atoms with Crippen LogP contribution in [0.4, 0.5) is 0 Å². The molecule has 0 radical (unpaired) electrons. The van der Waals surface area contributed by atoms with Gasteiger partial charge in [0, 0.05) is 15.7 Å². The molecule has 0 aliphatic heterocycles. The van der Waals surface area contributed by atoms with Crippen LogP contribution < -0.4 is 5.73 Å². The Bertz CT molecular complexity index is 486. The fourth-order valence-electron chi connectivity index (χ4n) is 1.08. The second-order valence-electron chi connectivity index (χ2n) is 2.83. The van der Waals surface area contributed by atoms with Crippen LogP contribution in [0, 0.1) is 3.57 Å². The van der Waals surface area contributed by atoms with Crippen LogP contribution in [0.25, 0.3) is 10.6 Å². The zero-order chi connectivity index (χ0) is 10.8. The Morgan fingerprint density at radius 1 is 1.40 bits per heavy atom. The van der Waals surface area contributed by atoms with Crippen LogP contribution in [0.3, 0.4) is 0 Å². The Hall–Kier alpha value is -0.240.